The number of likely N-dealkylation sites (N-methyl/N-ethyl adjacent to an activating group) is 1. The Kier molecular flexibility index (Phi) is 3.39. The van der Waals surface area contributed by atoms with Crippen LogP contribution in [0.25, 0.3) is 0 Å². The van der Waals surface area contributed by atoms with Crippen LogP contribution in [0.15, 0.2) is 18.5 Å². The van der Waals surface area contributed by atoms with Crippen LogP contribution in [-0.2, 0) is 0 Å². The number of pyridine rings is 1. The van der Waals surface area contributed by atoms with Gasteiger partial charge in [-0.3, -0.25) is 9.88 Å². The number of ether oxygens (including phenoxy) is 1. The summed E-state index contributed by atoms with van der Waals surface area (Å²) in [6.45, 7) is 7.29. The minimum atomic E-state index is -0.351. The van der Waals surface area contributed by atoms with E-state index < -0.39 is 0 Å². The summed E-state index contributed by atoms with van der Waals surface area (Å²) in [6, 6.07) is 1.38. The third-order valence-electron chi connectivity index (χ3n) is 3.03. The molecular weight excluding hydrogens is 207 g/mol. The second kappa shape index (κ2) is 4.78. The normalized spacial score (nSPS) is 25.9. The first kappa shape index (κ1) is 11.3. The molecule has 1 fully saturated rings. The molecule has 2 heterocycles. The zero-order chi connectivity index (χ0) is 11.5. The van der Waals surface area contributed by atoms with Gasteiger partial charge in [0.1, 0.15) is 17.7 Å². The molecule has 1 aromatic heterocycles. The summed E-state index contributed by atoms with van der Waals surface area (Å²) in [5, 5.41) is 0. The molecule has 1 aliphatic rings. The maximum Gasteiger partial charge on any atom is 0.145 e. The lowest BCUT2D eigenvalue weighted by atomic mass is 10.1. The van der Waals surface area contributed by atoms with E-state index in [1.54, 1.807) is 6.20 Å². The summed E-state index contributed by atoms with van der Waals surface area (Å²) in [5.41, 5.74) is 0. The quantitative estimate of drug-likeness (QED) is 0.784. The van der Waals surface area contributed by atoms with Crippen molar-refractivity contribution in [2.45, 2.75) is 20.0 Å². The van der Waals surface area contributed by atoms with Crippen molar-refractivity contribution in [3.63, 3.8) is 0 Å². The Hall–Kier alpha value is -1.16. The van der Waals surface area contributed by atoms with Crippen molar-refractivity contribution >= 4 is 0 Å². The highest BCUT2D eigenvalue weighted by Gasteiger charge is 2.30. The van der Waals surface area contributed by atoms with E-state index in [2.05, 4.69) is 23.7 Å². The van der Waals surface area contributed by atoms with E-state index >= 15 is 0 Å². The van der Waals surface area contributed by atoms with Crippen molar-refractivity contribution in [3.8, 4) is 5.75 Å². The molecule has 2 unspecified atom stereocenters. The van der Waals surface area contributed by atoms with Crippen LogP contribution < -0.4 is 4.74 Å². The summed E-state index contributed by atoms with van der Waals surface area (Å²) >= 11 is 0. The molecule has 2 rings (SSSR count). The second-order valence-corrected chi connectivity index (χ2v) is 4.32. The van der Waals surface area contributed by atoms with Gasteiger partial charge in [-0.15, -0.1) is 0 Å². The molecule has 4 heteroatoms. The first-order chi connectivity index (χ1) is 7.69. The van der Waals surface area contributed by atoms with E-state index in [4.69, 9.17) is 4.74 Å². The average molecular weight is 224 g/mol. The van der Waals surface area contributed by atoms with E-state index in [9.17, 15) is 4.39 Å². The first-order valence-corrected chi connectivity index (χ1v) is 5.68. The topological polar surface area (TPSA) is 25.4 Å². The van der Waals surface area contributed by atoms with E-state index in [-0.39, 0.29) is 11.9 Å². The molecule has 0 aliphatic carbocycles. The Bertz CT molecular complexity index is 359. The molecule has 0 bridgehead atoms. The second-order valence-electron chi connectivity index (χ2n) is 4.32. The molecule has 0 amide bonds. The smallest absolute Gasteiger partial charge is 0.145 e. The summed E-state index contributed by atoms with van der Waals surface area (Å²) < 4.78 is 18.7. The fourth-order valence-corrected chi connectivity index (χ4v) is 2.08. The minimum Gasteiger partial charge on any atom is -0.487 e. The molecule has 3 nitrogen and oxygen atoms in total. The van der Waals surface area contributed by atoms with Crippen molar-refractivity contribution in [2.24, 2.45) is 5.92 Å². The van der Waals surface area contributed by atoms with Gasteiger partial charge in [0.25, 0.3) is 0 Å². The van der Waals surface area contributed by atoms with Gasteiger partial charge in [0, 0.05) is 25.1 Å². The van der Waals surface area contributed by atoms with E-state index in [0.717, 1.165) is 19.6 Å². The summed E-state index contributed by atoms with van der Waals surface area (Å²) in [7, 11) is 0. The number of hydrogen-bond donors (Lipinski definition) is 0. The fraction of sp³-hybridized carbons (Fsp3) is 0.583. The van der Waals surface area contributed by atoms with Crippen molar-refractivity contribution in [2.75, 3.05) is 19.6 Å². The summed E-state index contributed by atoms with van der Waals surface area (Å²) in [4.78, 5) is 6.11. The molecule has 0 aromatic carbocycles. The van der Waals surface area contributed by atoms with E-state index in [1.807, 2.05) is 0 Å². The van der Waals surface area contributed by atoms with Gasteiger partial charge in [-0.1, -0.05) is 13.8 Å². The van der Waals surface area contributed by atoms with E-state index in [0.29, 0.717) is 11.7 Å². The largest absolute Gasteiger partial charge is 0.487 e. The molecule has 1 aromatic rings. The number of nitrogens with zero attached hydrogens (tertiary/aromatic N) is 2. The SMILES string of the molecule is CCN1CC(C)C(Oc2cncc(F)c2)C1. The van der Waals surface area contributed by atoms with Gasteiger partial charge in [-0.05, 0) is 6.54 Å². The Labute approximate surface area is 95.2 Å². The number of hydrogen-bond acceptors (Lipinski definition) is 3. The van der Waals surface area contributed by atoms with Crippen LogP contribution in [-0.4, -0.2) is 35.6 Å². The Morgan fingerprint density at radius 3 is 2.94 bits per heavy atom. The zero-order valence-electron chi connectivity index (χ0n) is 9.69. The lowest BCUT2D eigenvalue weighted by Crippen LogP contribution is -2.26. The van der Waals surface area contributed by atoms with E-state index in [1.165, 1.54) is 12.3 Å². The molecule has 0 radical (unpaired) electrons. The third-order valence-corrected chi connectivity index (χ3v) is 3.03. The van der Waals surface area contributed by atoms with Gasteiger partial charge in [0.15, 0.2) is 0 Å². The van der Waals surface area contributed by atoms with Crippen molar-refractivity contribution in [1.82, 2.24) is 9.88 Å². The van der Waals surface area contributed by atoms with Gasteiger partial charge >= 0.3 is 0 Å². The highest BCUT2D eigenvalue weighted by atomic mass is 19.1. The molecule has 0 N–H and O–H groups in total. The molecule has 1 aliphatic heterocycles. The first-order valence-electron chi connectivity index (χ1n) is 5.68. The van der Waals surface area contributed by atoms with Crippen LogP contribution in [0.4, 0.5) is 4.39 Å². The Morgan fingerprint density at radius 1 is 1.50 bits per heavy atom. The number of aromatic nitrogens is 1. The molecule has 2 atom stereocenters. The Morgan fingerprint density at radius 2 is 2.31 bits per heavy atom. The van der Waals surface area contributed by atoms with Crippen LogP contribution in [0.2, 0.25) is 0 Å². The van der Waals surface area contributed by atoms with Gasteiger partial charge in [0.05, 0.1) is 12.4 Å². The Balaban J connectivity index is 2.00. The molecule has 1 saturated heterocycles. The summed E-state index contributed by atoms with van der Waals surface area (Å²) in [6.07, 6.45) is 2.89. The van der Waals surface area contributed by atoms with Crippen LogP contribution >= 0.6 is 0 Å². The van der Waals surface area contributed by atoms with Crippen molar-refractivity contribution in [1.29, 1.82) is 0 Å². The standard InChI is InChI=1S/C12H17FN2O/c1-3-15-7-9(2)12(8-15)16-11-4-10(13)5-14-6-11/h4-6,9,12H,3,7-8H2,1-2H3. The minimum absolute atomic E-state index is 0.142. The van der Waals surface area contributed by atoms with Crippen LogP contribution in [0.3, 0.4) is 0 Å². The van der Waals surface area contributed by atoms with Crippen molar-refractivity contribution < 1.29 is 9.13 Å². The lowest BCUT2D eigenvalue weighted by Gasteiger charge is -2.16. The highest BCUT2D eigenvalue weighted by Crippen LogP contribution is 2.22. The zero-order valence-corrected chi connectivity index (χ0v) is 9.69. The van der Waals surface area contributed by atoms with Crippen LogP contribution in [0.5, 0.6) is 5.75 Å². The maximum absolute atomic E-state index is 12.9. The molecule has 0 saturated carbocycles. The fourth-order valence-electron chi connectivity index (χ4n) is 2.08. The molecule has 16 heavy (non-hydrogen) atoms. The monoisotopic (exact) mass is 224 g/mol. The number of rotatable bonds is 3. The number of halogens is 1. The summed E-state index contributed by atoms with van der Waals surface area (Å²) in [5.74, 6) is 0.647. The highest BCUT2D eigenvalue weighted by molar-refractivity contribution is 5.17. The molecular formula is C12H17FN2O. The van der Waals surface area contributed by atoms with Crippen LogP contribution in [0.1, 0.15) is 13.8 Å². The predicted octanol–water partition coefficient (Wildman–Crippen LogP) is 1.94. The molecule has 0 spiro atoms. The van der Waals surface area contributed by atoms with Gasteiger partial charge in [-0.2, -0.15) is 0 Å². The van der Waals surface area contributed by atoms with Crippen LogP contribution in [0, 0.1) is 11.7 Å². The maximum atomic E-state index is 12.9. The van der Waals surface area contributed by atoms with Crippen molar-refractivity contribution in [3.05, 3.63) is 24.3 Å². The van der Waals surface area contributed by atoms with Gasteiger partial charge in [-0.25, -0.2) is 4.39 Å². The van der Waals surface area contributed by atoms with Gasteiger partial charge in [0.2, 0.25) is 0 Å². The lowest BCUT2D eigenvalue weighted by molar-refractivity contribution is 0.173. The third kappa shape index (κ3) is 2.50. The molecule has 88 valence electrons. The number of likely N-dealkylation sites (tertiary alicyclic amines) is 1. The average Bonchev–Trinajstić information content (AvgIpc) is 2.60. The predicted molar refractivity (Wildman–Crippen MR) is 59.9 cm³/mol. The van der Waals surface area contributed by atoms with Gasteiger partial charge < -0.3 is 4.74 Å².